The summed E-state index contributed by atoms with van der Waals surface area (Å²) in [5.41, 5.74) is 7.10. The van der Waals surface area contributed by atoms with E-state index in [2.05, 4.69) is 10.0 Å². The molecule has 2 atom stereocenters. The minimum Gasteiger partial charge on any atom is -0.366 e. The van der Waals surface area contributed by atoms with Crippen LogP contribution < -0.4 is 15.8 Å². The van der Waals surface area contributed by atoms with E-state index in [-0.39, 0.29) is 10.5 Å². The second-order valence-corrected chi connectivity index (χ2v) is 9.10. The van der Waals surface area contributed by atoms with Gasteiger partial charge in [-0.05, 0) is 67.6 Å². The molecular weight excluding hydrogens is 362 g/mol. The Hall–Kier alpha value is -2.38. The molecule has 142 valence electrons. The second-order valence-electron chi connectivity index (χ2n) is 7.42. The molecule has 2 aliphatic rings. The van der Waals surface area contributed by atoms with Gasteiger partial charge in [-0.25, -0.2) is 8.42 Å². The van der Waals surface area contributed by atoms with E-state index in [9.17, 15) is 13.2 Å². The SMILES string of the molecule is NC(=O)c1cccc(S(=O)(=O)Nc2ccc(C3CC3NCC3CC3)cc2)c1. The molecule has 0 radical (unpaired) electrons. The molecular formula is C20H23N3O3S. The Morgan fingerprint density at radius 3 is 2.52 bits per heavy atom. The number of hydrogen-bond acceptors (Lipinski definition) is 4. The van der Waals surface area contributed by atoms with Crippen molar-refractivity contribution in [2.75, 3.05) is 11.3 Å². The van der Waals surface area contributed by atoms with Crippen molar-refractivity contribution in [1.82, 2.24) is 5.32 Å². The number of carbonyl (C=O) groups excluding carboxylic acids is 1. The average molecular weight is 385 g/mol. The summed E-state index contributed by atoms with van der Waals surface area (Å²) in [6.45, 7) is 1.11. The van der Waals surface area contributed by atoms with E-state index in [0.29, 0.717) is 17.6 Å². The van der Waals surface area contributed by atoms with Crippen LogP contribution in [0, 0.1) is 5.92 Å². The monoisotopic (exact) mass is 385 g/mol. The Kier molecular flexibility index (Phi) is 4.65. The van der Waals surface area contributed by atoms with E-state index in [1.807, 2.05) is 12.1 Å². The molecule has 0 bridgehead atoms. The van der Waals surface area contributed by atoms with Gasteiger partial charge in [0, 0.05) is 23.2 Å². The van der Waals surface area contributed by atoms with Crippen LogP contribution in [0.4, 0.5) is 5.69 Å². The standard InChI is InChI=1S/C20H23N3O3S/c21-20(24)15-2-1-3-17(10-15)27(25,26)23-16-8-6-14(7-9-16)18-11-19(18)22-12-13-4-5-13/h1-3,6-10,13,18-19,22-23H,4-5,11-12H2,(H2,21,24). The molecule has 2 unspecified atom stereocenters. The van der Waals surface area contributed by atoms with Gasteiger partial charge in [0.25, 0.3) is 10.0 Å². The lowest BCUT2D eigenvalue weighted by Crippen LogP contribution is -2.20. The molecule has 27 heavy (non-hydrogen) atoms. The molecule has 0 saturated heterocycles. The Labute approximate surface area is 159 Å². The molecule has 0 heterocycles. The molecule has 6 nitrogen and oxygen atoms in total. The number of nitrogens with one attached hydrogen (secondary N) is 2. The van der Waals surface area contributed by atoms with Gasteiger partial charge in [-0.1, -0.05) is 18.2 Å². The zero-order chi connectivity index (χ0) is 19.0. The van der Waals surface area contributed by atoms with Crippen molar-refractivity contribution in [3.8, 4) is 0 Å². The third-order valence-electron chi connectivity index (χ3n) is 5.18. The first-order chi connectivity index (χ1) is 12.9. The number of rotatable bonds is 8. The minimum atomic E-state index is -3.78. The van der Waals surface area contributed by atoms with Crippen LogP contribution in [0.15, 0.2) is 53.4 Å². The maximum atomic E-state index is 12.5. The summed E-state index contributed by atoms with van der Waals surface area (Å²) in [5, 5.41) is 3.61. The highest BCUT2D eigenvalue weighted by molar-refractivity contribution is 7.92. The molecule has 2 aromatic rings. The van der Waals surface area contributed by atoms with Crippen LogP contribution in [0.3, 0.4) is 0 Å². The van der Waals surface area contributed by atoms with Gasteiger partial charge in [-0.2, -0.15) is 0 Å². The number of amides is 1. The van der Waals surface area contributed by atoms with Gasteiger partial charge in [0.1, 0.15) is 0 Å². The summed E-state index contributed by atoms with van der Waals surface area (Å²) in [6.07, 6.45) is 3.83. The lowest BCUT2D eigenvalue weighted by atomic mass is 10.1. The Bertz CT molecular complexity index is 953. The van der Waals surface area contributed by atoms with Gasteiger partial charge in [0.05, 0.1) is 4.90 Å². The summed E-state index contributed by atoms with van der Waals surface area (Å²) in [6, 6.07) is 13.7. The number of carbonyl (C=O) groups is 1. The number of hydrogen-bond donors (Lipinski definition) is 3. The van der Waals surface area contributed by atoms with Crippen molar-refractivity contribution in [2.45, 2.75) is 36.1 Å². The Balaban J connectivity index is 1.40. The largest absolute Gasteiger partial charge is 0.366 e. The minimum absolute atomic E-state index is 0.00871. The zero-order valence-electron chi connectivity index (χ0n) is 14.9. The van der Waals surface area contributed by atoms with Crippen molar-refractivity contribution in [2.24, 2.45) is 11.7 Å². The normalized spacial score (nSPS) is 21.6. The summed E-state index contributed by atoms with van der Waals surface area (Å²) in [4.78, 5) is 11.3. The highest BCUT2D eigenvalue weighted by Gasteiger charge is 2.38. The summed E-state index contributed by atoms with van der Waals surface area (Å²) < 4.78 is 27.6. The van der Waals surface area contributed by atoms with Crippen LogP contribution in [0.2, 0.25) is 0 Å². The van der Waals surface area contributed by atoms with Crippen LogP contribution in [-0.2, 0) is 10.0 Å². The van der Waals surface area contributed by atoms with Crippen LogP contribution >= 0.6 is 0 Å². The summed E-state index contributed by atoms with van der Waals surface area (Å²) >= 11 is 0. The molecule has 2 aromatic carbocycles. The van der Waals surface area contributed by atoms with E-state index < -0.39 is 15.9 Å². The third-order valence-corrected chi connectivity index (χ3v) is 6.55. The number of anilines is 1. The summed E-state index contributed by atoms with van der Waals surface area (Å²) in [7, 11) is -3.78. The summed E-state index contributed by atoms with van der Waals surface area (Å²) in [5.74, 6) is 0.725. The van der Waals surface area contributed by atoms with Crippen molar-refractivity contribution in [3.63, 3.8) is 0 Å². The topological polar surface area (TPSA) is 101 Å². The van der Waals surface area contributed by atoms with E-state index in [1.165, 1.54) is 42.7 Å². The maximum Gasteiger partial charge on any atom is 0.261 e. The number of nitrogens with two attached hydrogens (primary N) is 1. The smallest absolute Gasteiger partial charge is 0.261 e. The van der Waals surface area contributed by atoms with Crippen LogP contribution in [0.5, 0.6) is 0 Å². The third kappa shape index (κ3) is 4.31. The Morgan fingerprint density at radius 1 is 1.11 bits per heavy atom. The molecule has 0 spiro atoms. The number of benzene rings is 2. The second kappa shape index (κ2) is 6.98. The molecule has 4 N–H and O–H groups in total. The molecule has 7 heteroatoms. The molecule has 0 aromatic heterocycles. The predicted molar refractivity (Wildman–Crippen MR) is 104 cm³/mol. The zero-order valence-corrected chi connectivity index (χ0v) is 15.7. The van der Waals surface area contributed by atoms with Crippen molar-refractivity contribution in [3.05, 3.63) is 59.7 Å². The first-order valence-corrected chi connectivity index (χ1v) is 10.7. The number of sulfonamides is 1. The fraction of sp³-hybridized carbons (Fsp3) is 0.350. The van der Waals surface area contributed by atoms with Gasteiger partial charge in [0.2, 0.25) is 5.91 Å². The lowest BCUT2D eigenvalue weighted by molar-refractivity contribution is 0.1000. The predicted octanol–water partition coefficient (Wildman–Crippen LogP) is 2.44. The maximum absolute atomic E-state index is 12.5. The number of primary amides is 1. The fourth-order valence-corrected chi connectivity index (χ4v) is 4.36. The molecule has 4 rings (SSSR count). The van der Waals surface area contributed by atoms with Crippen LogP contribution in [-0.4, -0.2) is 26.9 Å². The Morgan fingerprint density at radius 2 is 1.85 bits per heavy atom. The van der Waals surface area contributed by atoms with E-state index >= 15 is 0 Å². The van der Waals surface area contributed by atoms with Crippen LogP contribution in [0.1, 0.15) is 41.1 Å². The molecule has 2 aliphatic carbocycles. The van der Waals surface area contributed by atoms with Crippen molar-refractivity contribution >= 4 is 21.6 Å². The van der Waals surface area contributed by atoms with Gasteiger partial charge < -0.3 is 11.1 Å². The lowest BCUT2D eigenvalue weighted by Gasteiger charge is -2.10. The first kappa shape index (κ1) is 18.0. The van der Waals surface area contributed by atoms with E-state index in [1.54, 1.807) is 12.1 Å². The molecule has 2 saturated carbocycles. The molecule has 2 fully saturated rings. The average Bonchev–Trinajstić information content (AvgIpc) is 3.55. The van der Waals surface area contributed by atoms with Gasteiger partial charge in [0.15, 0.2) is 0 Å². The van der Waals surface area contributed by atoms with E-state index in [4.69, 9.17) is 5.73 Å². The van der Waals surface area contributed by atoms with Crippen molar-refractivity contribution < 1.29 is 13.2 Å². The van der Waals surface area contributed by atoms with Crippen LogP contribution in [0.25, 0.3) is 0 Å². The van der Waals surface area contributed by atoms with Crippen molar-refractivity contribution in [1.29, 1.82) is 0 Å². The highest BCUT2D eigenvalue weighted by atomic mass is 32.2. The quantitative estimate of drug-likeness (QED) is 0.650. The van der Waals surface area contributed by atoms with Gasteiger partial charge in [-0.3, -0.25) is 9.52 Å². The van der Waals surface area contributed by atoms with Gasteiger partial charge in [-0.15, -0.1) is 0 Å². The molecule has 1 amide bonds. The van der Waals surface area contributed by atoms with E-state index in [0.717, 1.165) is 18.9 Å². The first-order valence-electron chi connectivity index (χ1n) is 9.18. The fourth-order valence-electron chi connectivity index (χ4n) is 3.26. The molecule has 0 aliphatic heterocycles. The van der Waals surface area contributed by atoms with Gasteiger partial charge >= 0.3 is 0 Å². The highest BCUT2D eigenvalue weighted by Crippen LogP contribution is 2.42.